The standard InChI is InChI=1S/C13H21NO5/c1-13(2,3)19-12(17)14-5-9-8(4-11(15)16)7-18-10(9)6-14/h8-10H,4-7H2,1-3H3,(H,15,16). The molecule has 6 nitrogen and oxygen atoms in total. The van der Waals surface area contributed by atoms with Crippen molar-refractivity contribution in [2.75, 3.05) is 19.7 Å². The van der Waals surface area contributed by atoms with Crippen LogP contribution in [0.3, 0.4) is 0 Å². The van der Waals surface area contributed by atoms with Crippen LogP contribution in [0.2, 0.25) is 0 Å². The molecule has 3 unspecified atom stereocenters. The SMILES string of the molecule is CC(C)(C)OC(=O)N1CC2OCC(CC(=O)O)C2C1. The summed E-state index contributed by atoms with van der Waals surface area (Å²) in [6.07, 6.45) is -0.292. The number of nitrogens with zero attached hydrogens (tertiary/aromatic N) is 1. The number of hydrogen-bond acceptors (Lipinski definition) is 4. The van der Waals surface area contributed by atoms with Crippen molar-refractivity contribution in [3.8, 4) is 0 Å². The molecule has 1 amide bonds. The molecule has 2 aliphatic heterocycles. The lowest BCUT2D eigenvalue weighted by Crippen LogP contribution is -2.36. The number of carbonyl (C=O) groups excluding carboxylic acids is 1. The third-order valence-corrected chi connectivity index (χ3v) is 3.53. The van der Waals surface area contributed by atoms with E-state index in [9.17, 15) is 9.59 Å². The highest BCUT2D eigenvalue weighted by Crippen LogP contribution is 2.35. The van der Waals surface area contributed by atoms with Gasteiger partial charge >= 0.3 is 12.1 Å². The number of fused-ring (bicyclic) bond motifs is 1. The van der Waals surface area contributed by atoms with Gasteiger partial charge in [-0.3, -0.25) is 4.79 Å². The number of amides is 1. The molecule has 0 aromatic heterocycles. The molecule has 2 heterocycles. The maximum absolute atomic E-state index is 12.0. The second-order valence-electron chi connectivity index (χ2n) is 6.28. The van der Waals surface area contributed by atoms with E-state index in [1.807, 2.05) is 20.8 Å². The summed E-state index contributed by atoms with van der Waals surface area (Å²) in [7, 11) is 0. The smallest absolute Gasteiger partial charge is 0.410 e. The lowest BCUT2D eigenvalue weighted by atomic mass is 9.90. The third-order valence-electron chi connectivity index (χ3n) is 3.53. The highest BCUT2D eigenvalue weighted by Gasteiger charge is 2.46. The fourth-order valence-corrected chi connectivity index (χ4v) is 2.71. The van der Waals surface area contributed by atoms with Crippen LogP contribution in [0.25, 0.3) is 0 Å². The Morgan fingerprint density at radius 1 is 1.37 bits per heavy atom. The molecule has 0 aromatic carbocycles. The van der Waals surface area contributed by atoms with Gasteiger partial charge in [0, 0.05) is 12.5 Å². The summed E-state index contributed by atoms with van der Waals surface area (Å²) in [6.45, 7) is 6.97. The second-order valence-corrected chi connectivity index (χ2v) is 6.28. The molecule has 2 saturated heterocycles. The van der Waals surface area contributed by atoms with Gasteiger partial charge in [-0.05, 0) is 26.7 Å². The molecule has 1 N–H and O–H groups in total. The normalized spacial score (nSPS) is 30.3. The summed E-state index contributed by atoms with van der Waals surface area (Å²) in [5, 5.41) is 8.86. The molecular formula is C13H21NO5. The fraction of sp³-hybridized carbons (Fsp3) is 0.846. The van der Waals surface area contributed by atoms with Crippen LogP contribution in [-0.4, -0.2) is 53.5 Å². The molecule has 2 aliphatic rings. The lowest BCUT2D eigenvalue weighted by molar-refractivity contribution is -0.138. The average molecular weight is 271 g/mol. The quantitative estimate of drug-likeness (QED) is 0.820. The van der Waals surface area contributed by atoms with Crippen molar-refractivity contribution < 1.29 is 24.2 Å². The van der Waals surface area contributed by atoms with Gasteiger partial charge < -0.3 is 19.5 Å². The highest BCUT2D eigenvalue weighted by atomic mass is 16.6. The number of rotatable bonds is 2. The van der Waals surface area contributed by atoms with Gasteiger partial charge in [0.2, 0.25) is 0 Å². The van der Waals surface area contributed by atoms with Gasteiger partial charge in [0.1, 0.15) is 5.60 Å². The van der Waals surface area contributed by atoms with Gasteiger partial charge in [-0.2, -0.15) is 0 Å². The number of carboxylic acid groups (broad SMARTS) is 1. The zero-order chi connectivity index (χ0) is 14.2. The largest absolute Gasteiger partial charge is 0.481 e. The molecule has 0 spiro atoms. The Kier molecular flexibility index (Phi) is 3.71. The van der Waals surface area contributed by atoms with Crippen LogP contribution in [0.4, 0.5) is 4.79 Å². The number of ether oxygens (including phenoxy) is 2. The highest BCUT2D eigenvalue weighted by molar-refractivity contribution is 5.69. The van der Waals surface area contributed by atoms with E-state index in [0.717, 1.165) is 0 Å². The summed E-state index contributed by atoms with van der Waals surface area (Å²) >= 11 is 0. The van der Waals surface area contributed by atoms with Crippen LogP contribution in [-0.2, 0) is 14.3 Å². The van der Waals surface area contributed by atoms with Gasteiger partial charge in [-0.25, -0.2) is 4.79 Å². The van der Waals surface area contributed by atoms with Crippen molar-refractivity contribution in [2.45, 2.75) is 38.9 Å². The summed E-state index contributed by atoms with van der Waals surface area (Å²) < 4.78 is 10.9. The van der Waals surface area contributed by atoms with Crippen molar-refractivity contribution in [3.05, 3.63) is 0 Å². The molecule has 19 heavy (non-hydrogen) atoms. The van der Waals surface area contributed by atoms with Gasteiger partial charge in [0.25, 0.3) is 0 Å². The van der Waals surface area contributed by atoms with Gasteiger partial charge in [-0.15, -0.1) is 0 Å². The Labute approximate surface area is 112 Å². The first kappa shape index (κ1) is 14.1. The molecule has 6 heteroatoms. The fourth-order valence-electron chi connectivity index (χ4n) is 2.71. The van der Waals surface area contributed by atoms with E-state index in [-0.39, 0.29) is 30.5 Å². The summed E-state index contributed by atoms with van der Waals surface area (Å²) in [5.74, 6) is -0.705. The van der Waals surface area contributed by atoms with Crippen LogP contribution in [0.5, 0.6) is 0 Å². The van der Waals surface area contributed by atoms with Crippen LogP contribution in [0.1, 0.15) is 27.2 Å². The van der Waals surface area contributed by atoms with E-state index in [0.29, 0.717) is 19.7 Å². The first-order chi connectivity index (χ1) is 8.76. The lowest BCUT2D eigenvalue weighted by Gasteiger charge is -2.25. The molecule has 108 valence electrons. The van der Waals surface area contributed by atoms with Crippen molar-refractivity contribution in [1.29, 1.82) is 0 Å². The minimum atomic E-state index is -0.815. The Balaban J connectivity index is 1.93. The number of carboxylic acids is 1. The van der Waals surface area contributed by atoms with Gasteiger partial charge in [0.15, 0.2) is 0 Å². The van der Waals surface area contributed by atoms with Crippen LogP contribution in [0, 0.1) is 11.8 Å². The average Bonchev–Trinajstić information content (AvgIpc) is 2.77. The number of aliphatic carboxylic acids is 1. The van der Waals surface area contributed by atoms with Crippen LogP contribution < -0.4 is 0 Å². The van der Waals surface area contributed by atoms with Crippen molar-refractivity contribution in [2.24, 2.45) is 11.8 Å². The van der Waals surface area contributed by atoms with E-state index in [4.69, 9.17) is 14.6 Å². The predicted octanol–water partition coefficient (Wildman–Crippen LogP) is 1.34. The molecule has 0 bridgehead atoms. The summed E-state index contributed by atoms with van der Waals surface area (Å²) in [5.41, 5.74) is -0.518. The molecule has 0 aromatic rings. The predicted molar refractivity (Wildman–Crippen MR) is 66.8 cm³/mol. The number of carbonyl (C=O) groups is 2. The molecule has 0 saturated carbocycles. The first-order valence-electron chi connectivity index (χ1n) is 6.57. The minimum Gasteiger partial charge on any atom is -0.481 e. The maximum atomic E-state index is 12.0. The zero-order valence-corrected chi connectivity index (χ0v) is 11.6. The summed E-state index contributed by atoms with van der Waals surface area (Å²) in [4.78, 5) is 24.4. The Morgan fingerprint density at radius 3 is 2.63 bits per heavy atom. The topological polar surface area (TPSA) is 76.1 Å². The molecule has 2 fully saturated rings. The van der Waals surface area contributed by atoms with Crippen LogP contribution in [0.15, 0.2) is 0 Å². The van der Waals surface area contributed by atoms with Crippen LogP contribution >= 0.6 is 0 Å². The Bertz CT molecular complexity index is 376. The molecule has 0 radical (unpaired) electrons. The van der Waals surface area contributed by atoms with Crippen molar-refractivity contribution in [1.82, 2.24) is 4.90 Å². The molecule has 3 atom stereocenters. The summed E-state index contributed by atoms with van der Waals surface area (Å²) in [6, 6.07) is 0. The Morgan fingerprint density at radius 2 is 2.05 bits per heavy atom. The van der Waals surface area contributed by atoms with E-state index in [2.05, 4.69) is 0 Å². The molecule has 0 aliphatic carbocycles. The van der Waals surface area contributed by atoms with E-state index >= 15 is 0 Å². The van der Waals surface area contributed by atoms with E-state index < -0.39 is 11.6 Å². The third kappa shape index (κ3) is 3.37. The number of hydrogen-bond donors (Lipinski definition) is 1. The molecule has 2 rings (SSSR count). The van der Waals surface area contributed by atoms with Crippen molar-refractivity contribution in [3.63, 3.8) is 0 Å². The van der Waals surface area contributed by atoms with Crippen molar-refractivity contribution >= 4 is 12.1 Å². The maximum Gasteiger partial charge on any atom is 0.410 e. The minimum absolute atomic E-state index is 0.00469. The monoisotopic (exact) mass is 271 g/mol. The second kappa shape index (κ2) is 5.00. The molecular weight excluding hydrogens is 250 g/mol. The van der Waals surface area contributed by atoms with E-state index in [1.165, 1.54) is 0 Å². The Hall–Kier alpha value is -1.30. The number of likely N-dealkylation sites (tertiary alicyclic amines) is 1. The van der Waals surface area contributed by atoms with Gasteiger partial charge in [0.05, 0.1) is 25.7 Å². The van der Waals surface area contributed by atoms with Gasteiger partial charge in [-0.1, -0.05) is 0 Å². The zero-order valence-electron chi connectivity index (χ0n) is 11.6. The first-order valence-corrected chi connectivity index (χ1v) is 6.57. The van der Waals surface area contributed by atoms with E-state index in [1.54, 1.807) is 4.90 Å².